The highest BCUT2D eigenvalue weighted by Crippen LogP contribution is 2.35. The van der Waals surface area contributed by atoms with Gasteiger partial charge in [-0.3, -0.25) is 10.1 Å². The van der Waals surface area contributed by atoms with Gasteiger partial charge in [0.05, 0.1) is 4.92 Å². The Kier molecular flexibility index (Phi) is 5.52. The summed E-state index contributed by atoms with van der Waals surface area (Å²) in [6.07, 6.45) is 1.31. The molecule has 0 amide bonds. The second-order valence-corrected chi connectivity index (χ2v) is 6.44. The molecule has 0 spiro atoms. The molecule has 2 aromatic carbocycles. The Morgan fingerprint density at radius 2 is 1.89 bits per heavy atom. The maximum Gasteiger partial charge on any atom is 0.353 e. The van der Waals surface area contributed by atoms with E-state index in [0.717, 1.165) is 11.1 Å². The van der Waals surface area contributed by atoms with Crippen LogP contribution >= 0.6 is 11.6 Å². The number of nitrogens with one attached hydrogen (secondary N) is 1. The van der Waals surface area contributed by atoms with Crippen molar-refractivity contribution in [1.82, 2.24) is 9.97 Å². The maximum atomic E-state index is 11.8. The molecule has 0 unspecified atom stereocenters. The maximum absolute atomic E-state index is 11.8. The zero-order valence-electron chi connectivity index (χ0n) is 14.9. The van der Waals surface area contributed by atoms with Crippen LogP contribution in [0.25, 0.3) is 0 Å². The predicted octanol–water partition coefficient (Wildman–Crippen LogP) is 4.73. The van der Waals surface area contributed by atoms with E-state index in [-0.39, 0.29) is 17.3 Å². The fourth-order valence-electron chi connectivity index (χ4n) is 2.71. The van der Waals surface area contributed by atoms with Crippen LogP contribution in [0.15, 0.2) is 54.9 Å². The third-order valence-electron chi connectivity index (χ3n) is 4.13. The third kappa shape index (κ3) is 4.15. The molecule has 1 aromatic heterocycles. The number of halogens is 1. The number of nitro groups is 1. The summed E-state index contributed by atoms with van der Waals surface area (Å²) in [5.74, 6) is 0.358. The van der Waals surface area contributed by atoms with Crippen molar-refractivity contribution in [3.05, 3.63) is 81.1 Å². The van der Waals surface area contributed by atoms with Gasteiger partial charge < -0.3 is 10.2 Å². The third-order valence-corrected chi connectivity index (χ3v) is 4.54. The van der Waals surface area contributed by atoms with Crippen LogP contribution < -0.4 is 10.2 Å². The molecule has 3 aromatic rings. The van der Waals surface area contributed by atoms with Crippen LogP contribution in [0.4, 0.5) is 23.0 Å². The van der Waals surface area contributed by atoms with Gasteiger partial charge in [-0.2, -0.15) is 0 Å². The number of benzene rings is 2. The van der Waals surface area contributed by atoms with Crippen LogP contribution in [-0.4, -0.2) is 21.9 Å². The zero-order chi connectivity index (χ0) is 19.4. The molecule has 0 saturated carbocycles. The molecular weight excluding hydrogens is 366 g/mol. The molecule has 0 aliphatic heterocycles. The van der Waals surface area contributed by atoms with Gasteiger partial charge in [0.1, 0.15) is 6.33 Å². The fraction of sp³-hybridized carbons (Fsp3) is 0.158. The Morgan fingerprint density at radius 1 is 1.15 bits per heavy atom. The molecule has 7 nitrogen and oxygen atoms in total. The van der Waals surface area contributed by atoms with E-state index in [0.29, 0.717) is 17.3 Å². The van der Waals surface area contributed by atoms with E-state index in [4.69, 9.17) is 11.6 Å². The van der Waals surface area contributed by atoms with Crippen LogP contribution in [0.3, 0.4) is 0 Å². The summed E-state index contributed by atoms with van der Waals surface area (Å²) in [7, 11) is 1.76. The molecule has 1 N–H and O–H groups in total. The average Bonchev–Trinajstić information content (AvgIpc) is 2.66. The molecule has 0 saturated heterocycles. The van der Waals surface area contributed by atoms with Gasteiger partial charge in [-0.05, 0) is 30.2 Å². The summed E-state index contributed by atoms with van der Waals surface area (Å²) in [4.78, 5) is 21.3. The van der Waals surface area contributed by atoms with Gasteiger partial charge in [-0.25, -0.2) is 9.97 Å². The van der Waals surface area contributed by atoms with Crippen molar-refractivity contribution in [2.75, 3.05) is 17.3 Å². The Bertz CT molecular complexity index is 966. The summed E-state index contributed by atoms with van der Waals surface area (Å²) < 4.78 is 0. The van der Waals surface area contributed by atoms with E-state index >= 15 is 0 Å². The van der Waals surface area contributed by atoms with Crippen molar-refractivity contribution < 1.29 is 4.92 Å². The van der Waals surface area contributed by atoms with Crippen molar-refractivity contribution in [3.63, 3.8) is 0 Å². The standard InChI is InChI=1S/C19H18ClN5O2/c1-13-15(20)9-6-10-16(13)23-18-17(25(26)27)19(22-12-21-18)24(2)11-14-7-4-3-5-8-14/h3-10,12H,11H2,1-2H3,(H,21,22,23). The first kappa shape index (κ1) is 18.6. The SMILES string of the molecule is Cc1c(Cl)cccc1Nc1ncnc(N(C)Cc2ccccc2)c1[N+](=O)[O-]. The Morgan fingerprint density at radius 3 is 2.59 bits per heavy atom. The molecule has 27 heavy (non-hydrogen) atoms. The molecule has 3 rings (SSSR count). The molecule has 138 valence electrons. The number of anilines is 3. The number of hydrogen-bond donors (Lipinski definition) is 1. The van der Waals surface area contributed by atoms with Gasteiger partial charge in [0.2, 0.25) is 11.6 Å². The van der Waals surface area contributed by atoms with Gasteiger partial charge in [0.15, 0.2) is 0 Å². The van der Waals surface area contributed by atoms with Gasteiger partial charge in [-0.15, -0.1) is 0 Å². The lowest BCUT2D eigenvalue weighted by Crippen LogP contribution is -2.20. The van der Waals surface area contributed by atoms with Gasteiger partial charge in [0, 0.05) is 24.3 Å². The number of nitrogens with zero attached hydrogens (tertiary/aromatic N) is 4. The van der Waals surface area contributed by atoms with Crippen LogP contribution in [0, 0.1) is 17.0 Å². The minimum absolute atomic E-state index is 0.121. The molecule has 8 heteroatoms. The van der Waals surface area contributed by atoms with Crippen LogP contribution in [-0.2, 0) is 6.54 Å². The van der Waals surface area contributed by atoms with E-state index < -0.39 is 4.92 Å². The van der Waals surface area contributed by atoms with Crippen molar-refractivity contribution in [1.29, 1.82) is 0 Å². The summed E-state index contributed by atoms with van der Waals surface area (Å²) in [6.45, 7) is 2.31. The number of hydrogen-bond acceptors (Lipinski definition) is 6. The molecule has 0 aliphatic carbocycles. The number of rotatable bonds is 6. The second-order valence-electron chi connectivity index (χ2n) is 6.03. The van der Waals surface area contributed by atoms with Gasteiger partial charge in [0.25, 0.3) is 0 Å². The van der Waals surface area contributed by atoms with E-state index in [2.05, 4.69) is 15.3 Å². The smallest absolute Gasteiger partial charge is 0.349 e. The van der Waals surface area contributed by atoms with Crippen LogP contribution in [0.1, 0.15) is 11.1 Å². The average molecular weight is 384 g/mol. The highest BCUT2D eigenvalue weighted by Gasteiger charge is 2.26. The second kappa shape index (κ2) is 8.01. The fourth-order valence-corrected chi connectivity index (χ4v) is 2.89. The van der Waals surface area contributed by atoms with E-state index in [9.17, 15) is 10.1 Å². The minimum Gasteiger partial charge on any atom is -0.349 e. The topological polar surface area (TPSA) is 84.2 Å². The largest absolute Gasteiger partial charge is 0.353 e. The van der Waals surface area contributed by atoms with Crippen LogP contribution in [0.2, 0.25) is 5.02 Å². The molecule has 0 radical (unpaired) electrons. The van der Waals surface area contributed by atoms with Gasteiger partial charge in [-0.1, -0.05) is 48.0 Å². The quantitative estimate of drug-likeness (QED) is 0.489. The molecule has 1 heterocycles. The predicted molar refractivity (Wildman–Crippen MR) is 107 cm³/mol. The monoisotopic (exact) mass is 383 g/mol. The highest BCUT2D eigenvalue weighted by molar-refractivity contribution is 6.31. The lowest BCUT2D eigenvalue weighted by atomic mass is 10.2. The molecule has 0 fully saturated rings. The minimum atomic E-state index is -0.473. The Balaban J connectivity index is 1.97. The molecule has 0 aliphatic rings. The molecule has 0 bridgehead atoms. The highest BCUT2D eigenvalue weighted by atomic mass is 35.5. The lowest BCUT2D eigenvalue weighted by molar-refractivity contribution is -0.383. The molecular formula is C19H18ClN5O2. The van der Waals surface area contributed by atoms with E-state index in [1.807, 2.05) is 37.3 Å². The molecule has 0 atom stereocenters. The Labute approximate surface area is 161 Å². The first-order chi connectivity index (χ1) is 13.0. The summed E-state index contributed by atoms with van der Waals surface area (Å²) in [5.41, 5.74) is 2.27. The first-order valence-electron chi connectivity index (χ1n) is 8.24. The van der Waals surface area contributed by atoms with Gasteiger partial charge >= 0.3 is 5.69 Å². The lowest BCUT2D eigenvalue weighted by Gasteiger charge is -2.19. The summed E-state index contributed by atoms with van der Waals surface area (Å²) >= 11 is 6.14. The first-order valence-corrected chi connectivity index (χ1v) is 8.61. The van der Waals surface area contributed by atoms with E-state index in [1.54, 1.807) is 30.1 Å². The van der Waals surface area contributed by atoms with E-state index in [1.165, 1.54) is 6.33 Å². The van der Waals surface area contributed by atoms with Crippen molar-refractivity contribution in [3.8, 4) is 0 Å². The number of aromatic nitrogens is 2. The summed E-state index contributed by atoms with van der Waals surface area (Å²) in [6, 6.07) is 15.0. The zero-order valence-corrected chi connectivity index (χ0v) is 15.6. The normalized spacial score (nSPS) is 10.5. The Hall–Kier alpha value is -3.19. The van der Waals surface area contributed by atoms with Crippen molar-refractivity contribution in [2.24, 2.45) is 0 Å². The van der Waals surface area contributed by atoms with Crippen LogP contribution in [0.5, 0.6) is 0 Å². The van der Waals surface area contributed by atoms with Crippen molar-refractivity contribution >= 4 is 34.6 Å². The van der Waals surface area contributed by atoms with Crippen molar-refractivity contribution in [2.45, 2.75) is 13.5 Å². The summed E-state index contributed by atoms with van der Waals surface area (Å²) in [5, 5.41) is 15.4.